The number of aromatic nitrogens is 1. The van der Waals surface area contributed by atoms with E-state index in [1.807, 2.05) is 18.4 Å². The lowest BCUT2D eigenvalue weighted by Crippen LogP contribution is -2.47. The number of hydrogen-bond donors (Lipinski definition) is 2. The van der Waals surface area contributed by atoms with Crippen LogP contribution < -0.4 is 15.4 Å². The minimum absolute atomic E-state index is 0.209. The molecule has 6 nitrogen and oxygen atoms in total. The Morgan fingerprint density at radius 1 is 1.19 bits per heavy atom. The van der Waals surface area contributed by atoms with Gasteiger partial charge in [0.15, 0.2) is 0 Å². The van der Waals surface area contributed by atoms with Crippen LogP contribution in [-0.2, 0) is 11.3 Å². The van der Waals surface area contributed by atoms with Gasteiger partial charge < -0.3 is 15.4 Å². The molecule has 7 heteroatoms. The Labute approximate surface area is 157 Å². The molecule has 0 bridgehead atoms. The van der Waals surface area contributed by atoms with Crippen LogP contribution in [0.25, 0.3) is 0 Å². The summed E-state index contributed by atoms with van der Waals surface area (Å²) in [4.78, 5) is 29.1. The van der Waals surface area contributed by atoms with Crippen molar-refractivity contribution >= 4 is 23.6 Å². The normalized spacial score (nSPS) is 11.5. The fourth-order valence-electron chi connectivity index (χ4n) is 2.39. The Bertz CT molecular complexity index is 725. The van der Waals surface area contributed by atoms with Gasteiger partial charge in [0.1, 0.15) is 11.8 Å². The Morgan fingerprint density at radius 3 is 2.62 bits per heavy atom. The largest absolute Gasteiger partial charge is 0.496 e. The maximum atomic E-state index is 12.6. The van der Waals surface area contributed by atoms with Gasteiger partial charge in [0.25, 0.3) is 5.91 Å². The van der Waals surface area contributed by atoms with Crippen molar-refractivity contribution in [3.63, 3.8) is 0 Å². The van der Waals surface area contributed by atoms with E-state index in [-0.39, 0.29) is 11.8 Å². The summed E-state index contributed by atoms with van der Waals surface area (Å²) >= 11 is 1.63. The van der Waals surface area contributed by atoms with E-state index in [0.29, 0.717) is 24.3 Å². The Hall–Kier alpha value is -2.54. The number of methoxy groups -OCH3 is 1. The molecule has 2 rings (SSSR count). The maximum absolute atomic E-state index is 12.6. The third-order valence-electron chi connectivity index (χ3n) is 3.80. The molecule has 1 heterocycles. The molecule has 138 valence electrons. The van der Waals surface area contributed by atoms with Gasteiger partial charge in [-0.1, -0.05) is 12.1 Å². The lowest BCUT2D eigenvalue weighted by Gasteiger charge is -2.19. The molecule has 0 saturated heterocycles. The second kappa shape index (κ2) is 10.5. The van der Waals surface area contributed by atoms with Crippen LogP contribution in [0.2, 0.25) is 0 Å². The fourth-order valence-corrected chi connectivity index (χ4v) is 2.86. The minimum Gasteiger partial charge on any atom is -0.496 e. The van der Waals surface area contributed by atoms with Crippen LogP contribution in [-0.4, -0.2) is 42.0 Å². The number of amides is 2. The molecule has 0 radical (unpaired) electrons. The zero-order chi connectivity index (χ0) is 18.8. The summed E-state index contributed by atoms with van der Waals surface area (Å²) in [6, 6.07) is 10.0. The third-order valence-corrected chi connectivity index (χ3v) is 4.44. The van der Waals surface area contributed by atoms with E-state index in [1.165, 1.54) is 7.11 Å². The van der Waals surface area contributed by atoms with Gasteiger partial charge in [-0.25, -0.2) is 0 Å². The average molecular weight is 373 g/mol. The predicted octanol–water partition coefficient (Wildman–Crippen LogP) is 2.26. The number of carbonyl (C=O) groups excluding carboxylic acids is 2. The first-order chi connectivity index (χ1) is 12.7. The summed E-state index contributed by atoms with van der Waals surface area (Å²) in [5.74, 6) is 0.706. The van der Waals surface area contributed by atoms with Gasteiger partial charge >= 0.3 is 0 Å². The number of thioether (sulfide) groups is 1. The highest BCUT2D eigenvalue weighted by Gasteiger charge is 2.22. The molecular weight excluding hydrogens is 350 g/mol. The molecule has 0 unspecified atom stereocenters. The molecule has 1 aromatic carbocycles. The quantitative estimate of drug-likeness (QED) is 0.705. The molecule has 1 aromatic heterocycles. The monoisotopic (exact) mass is 373 g/mol. The minimum atomic E-state index is -0.610. The number of rotatable bonds is 9. The number of nitrogens with zero attached hydrogens (tertiary/aromatic N) is 1. The molecule has 0 aliphatic carbocycles. The fraction of sp³-hybridized carbons (Fsp3) is 0.316. The number of ether oxygens (including phenoxy) is 1. The molecule has 0 saturated carbocycles. The zero-order valence-electron chi connectivity index (χ0n) is 14.9. The van der Waals surface area contributed by atoms with E-state index in [2.05, 4.69) is 15.6 Å². The molecule has 2 aromatic rings. The molecule has 26 heavy (non-hydrogen) atoms. The second-order valence-electron chi connectivity index (χ2n) is 5.58. The molecule has 2 N–H and O–H groups in total. The zero-order valence-corrected chi connectivity index (χ0v) is 15.7. The summed E-state index contributed by atoms with van der Waals surface area (Å²) in [5.41, 5.74) is 1.36. The summed E-state index contributed by atoms with van der Waals surface area (Å²) < 4.78 is 5.22. The van der Waals surface area contributed by atoms with Gasteiger partial charge in [0.2, 0.25) is 5.91 Å². The standard InChI is InChI=1S/C19H23N3O3S/c1-25-17-6-4-3-5-15(17)18(23)22-16(9-12-26-2)19(24)21-13-14-7-10-20-11-8-14/h3-8,10-11,16H,9,12-13H2,1-2H3,(H,21,24)(H,22,23)/t16-/m1/s1. The smallest absolute Gasteiger partial charge is 0.255 e. The van der Waals surface area contributed by atoms with Gasteiger partial charge in [-0.15, -0.1) is 0 Å². The molecule has 0 fully saturated rings. The molecular formula is C19H23N3O3S. The molecule has 2 amide bonds. The van der Waals surface area contributed by atoms with Gasteiger partial charge in [0, 0.05) is 18.9 Å². The van der Waals surface area contributed by atoms with E-state index in [4.69, 9.17) is 4.74 Å². The van der Waals surface area contributed by atoms with Crippen molar-refractivity contribution in [3.05, 3.63) is 59.9 Å². The Morgan fingerprint density at radius 2 is 1.92 bits per heavy atom. The van der Waals surface area contributed by atoms with Crippen molar-refractivity contribution in [1.82, 2.24) is 15.6 Å². The summed E-state index contributed by atoms with van der Waals surface area (Å²) in [6.45, 7) is 0.391. The number of pyridine rings is 1. The Balaban J connectivity index is 2.03. The second-order valence-corrected chi connectivity index (χ2v) is 6.57. The highest BCUT2D eigenvalue weighted by molar-refractivity contribution is 7.98. The van der Waals surface area contributed by atoms with E-state index >= 15 is 0 Å². The van der Waals surface area contributed by atoms with Gasteiger partial charge in [0.05, 0.1) is 12.7 Å². The highest BCUT2D eigenvalue weighted by Crippen LogP contribution is 2.17. The summed E-state index contributed by atoms with van der Waals surface area (Å²) in [7, 11) is 1.51. The lowest BCUT2D eigenvalue weighted by atomic mass is 10.1. The highest BCUT2D eigenvalue weighted by atomic mass is 32.2. The predicted molar refractivity (Wildman–Crippen MR) is 103 cm³/mol. The number of carbonyl (C=O) groups is 2. The van der Waals surface area contributed by atoms with E-state index in [9.17, 15) is 9.59 Å². The SMILES string of the molecule is COc1ccccc1C(=O)N[C@H](CCSC)C(=O)NCc1ccncc1. The van der Waals surface area contributed by atoms with Crippen molar-refractivity contribution in [3.8, 4) is 5.75 Å². The van der Waals surface area contributed by atoms with Gasteiger partial charge in [-0.2, -0.15) is 11.8 Å². The first-order valence-electron chi connectivity index (χ1n) is 8.25. The van der Waals surface area contributed by atoms with Crippen LogP contribution in [0.5, 0.6) is 5.75 Å². The first kappa shape index (κ1) is 19.8. The van der Waals surface area contributed by atoms with Gasteiger partial charge in [-0.3, -0.25) is 14.6 Å². The number of para-hydroxylation sites is 1. The molecule has 0 aliphatic rings. The average Bonchev–Trinajstić information content (AvgIpc) is 2.69. The van der Waals surface area contributed by atoms with Crippen LogP contribution in [0, 0.1) is 0 Å². The lowest BCUT2D eigenvalue weighted by molar-refractivity contribution is -0.123. The molecule has 0 spiro atoms. The van der Waals surface area contributed by atoms with Crippen molar-refractivity contribution in [2.75, 3.05) is 19.1 Å². The first-order valence-corrected chi connectivity index (χ1v) is 9.64. The van der Waals surface area contributed by atoms with Crippen LogP contribution in [0.15, 0.2) is 48.8 Å². The summed E-state index contributed by atoms with van der Waals surface area (Å²) in [5, 5.41) is 5.69. The van der Waals surface area contributed by atoms with Crippen molar-refractivity contribution in [2.45, 2.75) is 19.0 Å². The number of nitrogens with one attached hydrogen (secondary N) is 2. The van der Waals surface area contributed by atoms with E-state index in [0.717, 1.165) is 11.3 Å². The third kappa shape index (κ3) is 5.77. The van der Waals surface area contributed by atoms with Crippen LogP contribution >= 0.6 is 11.8 Å². The Kier molecular flexibility index (Phi) is 7.95. The molecule has 1 atom stereocenters. The maximum Gasteiger partial charge on any atom is 0.255 e. The van der Waals surface area contributed by atoms with Crippen molar-refractivity contribution in [1.29, 1.82) is 0 Å². The van der Waals surface area contributed by atoms with Crippen molar-refractivity contribution < 1.29 is 14.3 Å². The van der Waals surface area contributed by atoms with E-state index < -0.39 is 6.04 Å². The van der Waals surface area contributed by atoms with Gasteiger partial charge in [-0.05, 0) is 48.3 Å². The van der Waals surface area contributed by atoms with E-state index in [1.54, 1.807) is 48.4 Å². The topological polar surface area (TPSA) is 80.3 Å². The molecule has 0 aliphatic heterocycles. The number of hydrogen-bond acceptors (Lipinski definition) is 5. The van der Waals surface area contributed by atoms with Crippen LogP contribution in [0.1, 0.15) is 22.3 Å². The van der Waals surface area contributed by atoms with Crippen molar-refractivity contribution in [2.24, 2.45) is 0 Å². The van der Waals surface area contributed by atoms with Crippen LogP contribution in [0.4, 0.5) is 0 Å². The van der Waals surface area contributed by atoms with Crippen LogP contribution in [0.3, 0.4) is 0 Å². The number of benzene rings is 1. The summed E-state index contributed by atoms with van der Waals surface area (Å²) in [6.07, 6.45) is 5.87.